The molecule has 1 amide bonds. The molecule has 0 N–H and O–H groups in total. The van der Waals surface area contributed by atoms with Crippen molar-refractivity contribution < 1.29 is 13.2 Å². The average Bonchev–Trinajstić information content (AvgIpc) is 2.66. The lowest BCUT2D eigenvalue weighted by atomic mass is 9.65. The molecule has 1 aliphatic carbocycles. The van der Waals surface area contributed by atoms with Gasteiger partial charge in [0.05, 0.1) is 5.75 Å². The Balaban J connectivity index is 1.78. The molecule has 2 aliphatic rings. The van der Waals surface area contributed by atoms with E-state index < -0.39 is 9.84 Å². The van der Waals surface area contributed by atoms with Crippen molar-refractivity contribution in [2.24, 2.45) is 10.8 Å². The molecule has 0 aromatic heterocycles. The van der Waals surface area contributed by atoms with E-state index in [0.29, 0.717) is 11.6 Å². The van der Waals surface area contributed by atoms with Gasteiger partial charge < -0.3 is 4.90 Å². The molecule has 2 atom stereocenters. The lowest BCUT2D eigenvalue weighted by Gasteiger charge is -2.39. The monoisotopic (exact) mass is 349 g/mol. The second-order valence-electron chi connectivity index (χ2n) is 8.91. The van der Waals surface area contributed by atoms with Gasteiger partial charge in [0.25, 0.3) is 5.91 Å². The average molecular weight is 349 g/mol. The molecule has 1 heterocycles. The SMILES string of the molecule is CC1(C)C[C@H]2C[C@@](C)(CN2C(=O)c2ccc(CS(C)(=O)=O)cc2)C1. The number of fused-ring (bicyclic) bond motifs is 2. The van der Waals surface area contributed by atoms with Gasteiger partial charge in [0.2, 0.25) is 0 Å². The molecule has 0 spiro atoms. The zero-order valence-corrected chi connectivity index (χ0v) is 15.8. The summed E-state index contributed by atoms with van der Waals surface area (Å²) in [5.74, 6) is 0.0902. The highest BCUT2D eigenvalue weighted by molar-refractivity contribution is 7.89. The van der Waals surface area contributed by atoms with Crippen molar-refractivity contribution in [3.63, 3.8) is 0 Å². The summed E-state index contributed by atoms with van der Waals surface area (Å²) in [6.45, 7) is 7.71. The van der Waals surface area contributed by atoms with Crippen LogP contribution >= 0.6 is 0 Å². The number of amides is 1. The zero-order chi connectivity index (χ0) is 17.8. The molecule has 1 saturated carbocycles. The van der Waals surface area contributed by atoms with E-state index in [9.17, 15) is 13.2 Å². The fraction of sp³-hybridized carbons (Fsp3) is 0.632. The van der Waals surface area contributed by atoms with E-state index in [4.69, 9.17) is 0 Å². The molecule has 3 rings (SSSR count). The van der Waals surface area contributed by atoms with Crippen molar-refractivity contribution in [2.75, 3.05) is 12.8 Å². The molecular weight excluding hydrogens is 322 g/mol. The van der Waals surface area contributed by atoms with Crippen LogP contribution in [0.5, 0.6) is 0 Å². The van der Waals surface area contributed by atoms with Crippen molar-refractivity contribution in [2.45, 2.75) is 51.8 Å². The molecule has 0 unspecified atom stereocenters. The number of rotatable bonds is 3. The number of carbonyl (C=O) groups excluding carboxylic acids is 1. The lowest BCUT2D eigenvalue weighted by Crippen LogP contribution is -2.37. The predicted molar refractivity (Wildman–Crippen MR) is 95.6 cm³/mol. The van der Waals surface area contributed by atoms with E-state index in [-0.39, 0.29) is 22.5 Å². The second kappa shape index (κ2) is 5.58. The van der Waals surface area contributed by atoms with Crippen LogP contribution in [0, 0.1) is 10.8 Å². The number of hydrogen-bond donors (Lipinski definition) is 0. The van der Waals surface area contributed by atoms with Gasteiger partial charge in [-0.15, -0.1) is 0 Å². The second-order valence-corrected chi connectivity index (χ2v) is 11.1. The van der Waals surface area contributed by atoms with Crippen LogP contribution in [0.4, 0.5) is 0 Å². The molecule has 5 heteroatoms. The first-order chi connectivity index (χ1) is 11.0. The first kappa shape index (κ1) is 17.5. The van der Waals surface area contributed by atoms with Crippen LogP contribution in [0.25, 0.3) is 0 Å². The number of nitrogens with zero attached hydrogens (tertiary/aromatic N) is 1. The third kappa shape index (κ3) is 3.66. The number of sulfone groups is 1. The highest BCUT2D eigenvalue weighted by Crippen LogP contribution is 2.52. The fourth-order valence-corrected chi connectivity index (χ4v) is 5.71. The molecule has 1 aliphatic heterocycles. The highest BCUT2D eigenvalue weighted by atomic mass is 32.2. The lowest BCUT2D eigenvalue weighted by molar-refractivity contribution is 0.0708. The van der Waals surface area contributed by atoms with E-state index in [2.05, 4.69) is 20.8 Å². The van der Waals surface area contributed by atoms with Crippen LogP contribution < -0.4 is 0 Å². The zero-order valence-electron chi connectivity index (χ0n) is 15.0. The third-order valence-electron chi connectivity index (χ3n) is 5.31. The summed E-state index contributed by atoms with van der Waals surface area (Å²) in [5.41, 5.74) is 1.88. The number of carbonyl (C=O) groups is 1. The fourth-order valence-electron chi connectivity index (χ4n) is 4.91. The van der Waals surface area contributed by atoms with E-state index in [1.54, 1.807) is 24.3 Å². The van der Waals surface area contributed by atoms with Crippen LogP contribution in [-0.2, 0) is 15.6 Å². The number of hydrogen-bond acceptors (Lipinski definition) is 3. The first-order valence-electron chi connectivity index (χ1n) is 8.54. The summed E-state index contributed by atoms with van der Waals surface area (Å²) in [7, 11) is -3.05. The highest BCUT2D eigenvalue weighted by Gasteiger charge is 2.50. The minimum absolute atomic E-state index is 0.0140. The quantitative estimate of drug-likeness (QED) is 0.841. The summed E-state index contributed by atoms with van der Waals surface area (Å²) in [5, 5.41) is 0. The molecule has 1 saturated heterocycles. The van der Waals surface area contributed by atoms with Gasteiger partial charge in [-0.2, -0.15) is 0 Å². The van der Waals surface area contributed by atoms with Gasteiger partial charge >= 0.3 is 0 Å². The van der Waals surface area contributed by atoms with Gasteiger partial charge in [0.15, 0.2) is 9.84 Å². The van der Waals surface area contributed by atoms with Crippen LogP contribution in [0.1, 0.15) is 56.0 Å². The van der Waals surface area contributed by atoms with Gasteiger partial charge in [-0.05, 0) is 47.8 Å². The van der Waals surface area contributed by atoms with Crippen molar-refractivity contribution in [1.82, 2.24) is 4.90 Å². The molecule has 1 aromatic carbocycles. The summed E-state index contributed by atoms with van der Waals surface area (Å²) in [6, 6.07) is 7.35. The topological polar surface area (TPSA) is 54.5 Å². The molecule has 0 radical (unpaired) electrons. The van der Waals surface area contributed by atoms with Crippen molar-refractivity contribution in [3.8, 4) is 0 Å². The Morgan fingerprint density at radius 1 is 1.17 bits per heavy atom. The maximum atomic E-state index is 12.9. The van der Waals surface area contributed by atoms with Gasteiger partial charge in [0.1, 0.15) is 0 Å². The molecule has 2 bridgehead atoms. The first-order valence-corrected chi connectivity index (χ1v) is 10.6. The minimum Gasteiger partial charge on any atom is -0.335 e. The van der Waals surface area contributed by atoms with E-state index in [1.807, 2.05) is 4.90 Å². The summed E-state index contributed by atoms with van der Waals surface area (Å²) < 4.78 is 22.7. The minimum atomic E-state index is -3.05. The number of benzene rings is 1. The van der Waals surface area contributed by atoms with Crippen molar-refractivity contribution >= 4 is 15.7 Å². The number of likely N-dealkylation sites (tertiary alicyclic amines) is 1. The maximum absolute atomic E-state index is 12.9. The van der Waals surface area contributed by atoms with Crippen molar-refractivity contribution in [3.05, 3.63) is 35.4 Å². The largest absolute Gasteiger partial charge is 0.335 e. The Labute approximate surface area is 145 Å². The van der Waals surface area contributed by atoms with Gasteiger partial charge in [-0.1, -0.05) is 32.9 Å². The van der Waals surface area contributed by atoms with Gasteiger partial charge in [-0.25, -0.2) is 8.42 Å². The van der Waals surface area contributed by atoms with Crippen LogP contribution in [0.15, 0.2) is 24.3 Å². The van der Waals surface area contributed by atoms with Gasteiger partial charge in [0, 0.05) is 24.4 Å². The van der Waals surface area contributed by atoms with Crippen LogP contribution in [0.2, 0.25) is 0 Å². The summed E-state index contributed by atoms with van der Waals surface area (Å²) >= 11 is 0. The molecule has 4 nitrogen and oxygen atoms in total. The molecule has 24 heavy (non-hydrogen) atoms. The normalized spacial score (nSPS) is 28.8. The molecule has 1 aromatic rings. The van der Waals surface area contributed by atoms with E-state index >= 15 is 0 Å². The Kier molecular flexibility index (Phi) is 4.06. The third-order valence-corrected chi connectivity index (χ3v) is 6.16. The Bertz CT molecular complexity index is 751. The molecular formula is C19H27NO3S. The maximum Gasteiger partial charge on any atom is 0.254 e. The summed E-state index contributed by atoms with van der Waals surface area (Å²) in [6.07, 6.45) is 4.53. The Morgan fingerprint density at radius 2 is 1.79 bits per heavy atom. The molecule has 2 fully saturated rings. The Morgan fingerprint density at radius 3 is 2.38 bits per heavy atom. The predicted octanol–water partition coefficient (Wildman–Crippen LogP) is 3.27. The van der Waals surface area contributed by atoms with Gasteiger partial charge in [-0.3, -0.25) is 4.79 Å². The van der Waals surface area contributed by atoms with E-state index in [1.165, 1.54) is 6.26 Å². The standard InChI is InChI=1S/C19H27NO3S/c1-18(2)9-16-10-19(3,12-18)13-20(16)17(21)15-7-5-14(6-8-15)11-24(4,22)23/h5-8,16H,9-13H2,1-4H3/t16-,19+/m0/s1. The van der Waals surface area contributed by atoms with Crippen LogP contribution in [0.3, 0.4) is 0 Å². The smallest absolute Gasteiger partial charge is 0.254 e. The Hall–Kier alpha value is -1.36. The van der Waals surface area contributed by atoms with Crippen molar-refractivity contribution in [1.29, 1.82) is 0 Å². The summed E-state index contributed by atoms with van der Waals surface area (Å²) in [4.78, 5) is 15.0. The molecule has 132 valence electrons. The van der Waals surface area contributed by atoms with E-state index in [0.717, 1.165) is 31.4 Å². The van der Waals surface area contributed by atoms with Crippen LogP contribution in [-0.4, -0.2) is 38.1 Å².